The lowest BCUT2D eigenvalue weighted by atomic mass is 9.89. The Morgan fingerprint density at radius 3 is 2.72 bits per heavy atom. The lowest BCUT2D eigenvalue weighted by molar-refractivity contribution is -0.125. The Kier molecular flexibility index (Phi) is 7.44. The van der Waals surface area contributed by atoms with Crippen LogP contribution in [0, 0.1) is 5.92 Å². The number of carbonyl (C=O) groups excluding carboxylic acids is 1. The molecule has 1 saturated carbocycles. The van der Waals surface area contributed by atoms with Crippen molar-refractivity contribution in [1.82, 2.24) is 19.6 Å². The molecule has 0 spiro atoms. The van der Waals surface area contributed by atoms with Gasteiger partial charge in [-0.1, -0.05) is 31.4 Å². The Labute approximate surface area is 171 Å². The summed E-state index contributed by atoms with van der Waals surface area (Å²) in [5.41, 5.74) is 0. The zero-order chi connectivity index (χ0) is 20.9. The molecule has 0 radical (unpaired) electrons. The van der Waals surface area contributed by atoms with E-state index in [0.29, 0.717) is 12.5 Å². The maximum Gasteiger partial charge on any atom is 0.260 e. The second kappa shape index (κ2) is 9.84. The van der Waals surface area contributed by atoms with E-state index < -0.39 is 28.3 Å². The number of sulfonamides is 1. The summed E-state index contributed by atoms with van der Waals surface area (Å²) in [6.45, 7) is 0.311. The van der Waals surface area contributed by atoms with Crippen molar-refractivity contribution in [2.75, 3.05) is 13.2 Å². The van der Waals surface area contributed by atoms with Gasteiger partial charge in [0.2, 0.25) is 5.91 Å². The Morgan fingerprint density at radius 1 is 1.31 bits per heavy atom. The summed E-state index contributed by atoms with van der Waals surface area (Å²) in [6, 6.07) is -0.742. The van der Waals surface area contributed by atoms with E-state index in [1.165, 1.54) is 36.4 Å². The van der Waals surface area contributed by atoms with Crippen molar-refractivity contribution in [1.29, 1.82) is 0 Å². The van der Waals surface area contributed by atoms with Gasteiger partial charge in [-0.15, -0.1) is 0 Å². The summed E-state index contributed by atoms with van der Waals surface area (Å²) in [5.74, 6) is 0.445. The molecule has 0 bridgehead atoms. The molecule has 9 nitrogen and oxygen atoms in total. The molecule has 3 N–H and O–H groups in total. The molecule has 1 amide bonds. The predicted molar refractivity (Wildman–Crippen MR) is 106 cm³/mol. The third-order valence-corrected chi connectivity index (χ3v) is 6.75. The fraction of sp³-hybridized carbons (Fsp3) is 0.684. The number of rotatable bonds is 8. The maximum absolute atomic E-state index is 12.4. The average molecular weight is 427 g/mol. The van der Waals surface area contributed by atoms with Crippen LogP contribution in [0.1, 0.15) is 38.5 Å². The van der Waals surface area contributed by atoms with Crippen LogP contribution in [0.25, 0.3) is 0 Å². The maximum atomic E-state index is 12.4. The highest BCUT2D eigenvalue weighted by Gasteiger charge is 2.32. The minimum Gasteiger partial charge on any atom is -0.394 e. The molecule has 10 heteroatoms. The summed E-state index contributed by atoms with van der Waals surface area (Å²) >= 11 is 0. The van der Waals surface area contributed by atoms with Crippen molar-refractivity contribution >= 4 is 15.9 Å². The van der Waals surface area contributed by atoms with E-state index in [0.717, 1.165) is 12.8 Å². The van der Waals surface area contributed by atoms with Crippen LogP contribution < -0.4 is 10.0 Å². The van der Waals surface area contributed by atoms with Crippen LogP contribution in [0.5, 0.6) is 0 Å². The number of aliphatic hydroxyl groups is 1. The van der Waals surface area contributed by atoms with E-state index in [-0.39, 0.29) is 24.0 Å². The molecule has 3 atom stereocenters. The first-order valence-electron chi connectivity index (χ1n) is 10.1. The second-order valence-corrected chi connectivity index (χ2v) is 9.48. The first kappa shape index (κ1) is 21.9. The minimum absolute atomic E-state index is 0.102. The molecule has 2 heterocycles. The lowest BCUT2D eigenvalue weighted by Gasteiger charge is -2.31. The Balaban J connectivity index is 1.53. The topological polar surface area (TPSA) is 123 Å². The van der Waals surface area contributed by atoms with Crippen molar-refractivity contribution in [2.24, 2.45) is 13.0 Å². The molecule has 0 aromatic carbocycles. The molecule has 2 aliphatic rings. The number of carbonyl (C=O) groups is 1. The van der Waals surface area contributed by atoms with E-state index in [4.69, 9.17) is 4.74 Å². The Morgan fingerprint density at radius 2 is 2.07 bits per heavy atom. The number of nitrogens with one attached hydrogen (secondary N) is 2. The largest absolute Gasteiger partial charge is 0.394 e. The first-order chi connectivity index (χ1) is 13.9. The van der Waals surface area contributed by atoms with Crippen molar-refractivity contribution in [2.45, 2.75) is 61.8 Å². The number of aryl methyl sites for hydroxylation is 1. The van der Waals surface area contributed by atoms with Gasteiger partial charge in [-0.05, 0) is 18.8 Å². The van der Waals surface area contributed by atoms with Crippen molar-refractivity contribution in [3.63, 3.8) is 0 Å². The number of amides is 1. The van der Waals surface area contributed by atoms with Gasteiger partial charge in [0.15, 0.2) is 5.03 Å². The van der Waals surface area contributed by atoms with Gasteiger partial charge in [-0.3, -0.25) is 4.79 Å². The number of aliphatic hydroxyl groups excluding tert-OH is 1. The summed E-state index contributed by atoms with van der Waals surface area (Å²) in [6.07, 6.45) is 11.0. The molecule has 1 aliphatic carbocycles. The minimum atomic E-state index is -3.85. The smallest absolute Gasteiger partial charge is 0.260 e. The molecule has 29 heavy (non-hydrogen) atoms. The van der Waals surface area contributed by atoms with Crippen LogP contribution >= 0.6 is 0 Å². The SMILES string of the molecule is Cn1cnc(S(=O)(=O)N[C@@H]2C=C[C@H](CC(=O)NCC3CCCCC3)O[C@@H]2CO)c1. The lowest BCUT2D eigenvalue weighted by Crippen LogP contribution is -2.49. The molecular formula is C19H30N4O5S. The molecule has 0 unspecified atom stereocenters. The van der Waals surface area contributed by atoms with Crippen LogP contribution in [0.4, 0.5) is 0 Å². The third-order valence-electron chi connectivity index (χ3n) is 5.41. The van der Waals surface area contributed by atoms with Crippen LogP contribution in [-0.2, 0) is 26.6 Å². The van der Waals surface area contributed by atoms with Crippen LogP contribution in [0.2, 0.25) is 0 Å². The standard InChI is InChI=1S/C19H30N4O5S/c1-23-11-19(21-13-23)29(26,27)22-16-8-7-15(28-17(16)12-24)9-18(25)20-10-14-5-3-2-4-6-14/h7-8,11,13-17,22,24H,2-6,9-10,12H2,1H3,(H,20,25)/t15-,16-,17-/m1/s1. The van der Waals surface area contributed by atoms with Gasteiger partial charge in [0.05, 0.1) is 31.5 Å². The normalized spacial score (nSPS) is 25.8. The number of hydrogen-bond donors (Lipinski definition) is 3. The van der Waals surface area contributed by atoms with E-state index in [1.807, 2.05) is 0 Å². The highest BCUT2D eigenvalue weighted by molar-refractivity contribution is 7.89. The van der Waals surface area contributed by atoms with E-state index in [1.54, 1.807) is 19.2 Å². The van der Waals surface area contributed by atoms with E-state index >= 15 is 0 Å². The summed E-state index contributed by atoms with van der Waals surface area (Å²) in [5, 5.41) is 12.5. The second-order valence-electron chi connectivity index (χ2n) is 7.82. The van der Waals surface area contributed by atoms with Crippen LogP contribution in [-0.4, -0.2) is 60.4 Å². The summed E-state index contributed by atoms with van der Waals surface area (Å²) in [7, 11) is -2.17. The molecule has 3 rings (SSSR count). The zero-order valence-electron chi connectivity index (χ0n) is 16.7. The van der Waals surface area contributed by atoms with Crippen molar-refractivity contribution < 1.29 is 23.1 Å². The zero-order valence-corrected chi connectivity index (χ0v) is 17.5. The van der Waals surface area contributed by atoms with Crippen LogP contribution in [0.3, 0.4) is 0 Å². The number of aromatic nitrogens is 2. The number of ether oxygens (including phenoxy) is 1. The third kappa shape index (κ3) is 6.11. The van der Waals surface area contributed by atoms with E-state index in [9.17, 15) is 18.3 Å². The fourth-order valence-corrected chi connectivity index (χ4v) is 4.98. The molecule has 0 saturated heterocycles. The molecule has 162 valence electrons. The highest BCUT2D eigenvalue weighted by Crippen LogP contribution is 2.23. The first-order valence-corrected chi connectivity index (χ1v) is 11.6. The molecule has 1 fully saturated rings. The summed E-state index contributed by atoms with van der Waals surface area (Å²) in [4.78, 5) is 16.1. The molecular weight excluding hydrogens is 396 g/mol. The van der Waals surface area contributed by atoms with Gasteiger partial charge in [0, 0.05) is 19.8 Å². The molecule has 1 aliphatic heterocycles. The van der Waals surface area contributed by atoms with Crippen LogP contribution in [0.15, 0.2) is 29.7 Å². The average Bonchev–Trinajstić information content (AvgIpc) is 3.15. The highest BCUT2D eigenvalue weighted by atomic mass is 32.2. The Hall–Kier alpha value is -1.75. The number of nitrogens with zero attached hydrogens (tertiary/aromatic N) is 2. The van der Waals surface area contributed by atoms with Gasteiger partial charge in [-0.2, -0.15) is 0 Å². The van der Waals surface area contributed by atoms with Gasteiger partial charge < -0.3 is 19.7 Å². The number of imidazole rings is 1. The Bertz CT molecular complexity index is 816. The van der Waals surface area contributed by atoms with Gasteiger partial charge >= 0.3 is 0 Å². The van der Waals surface area contributed by atoms with E-state index in [2.05, 4.69) is 15.0 Å². The molecule has 1 aromatic rings. The van der Waals surface area contributed by atoms with Gasteiger partial charge in [0.25, 0.3) is 10.0 Å². The monoisotopic (exact) mass is 426 g/mol. The summed E-state index contributed by atoms with van der Waals surface area (Å²) < 4.78 is 34.7. The number of hydrogen-bond acceptors (Lipinski definition) is 6. The quantitative estimate of drug-likeness (QED) is 0.520. The fourth-order valence-electron chi connectivity index (χ4n) is 3.78. The van der Waals surface area contributed by atoms with Gasteiger partial charge in [-0.25, -0.2) is 18.1 Å². The molecule has 1 aromatic heterocycles. The predicted octanol–water partition coefficient (Wildman–Crippen LogP) is 0.470. The van der Waals surface area contributed by atoms with Crippen molar-refractivity contribution in [3.8, 4) is 0 Å². The van der Waals surface area contributed by atoms with Gasteiger partial charge in [0.1, 0.15) is 6.10 Å². The van der Waals surface area contributed by atoms with Crippen molar-refractivity contribution in [3.05, 3.63) is 24.7 Å².